The van der Waals surface area contributed by atoms with Crippen molar-refractivity contribution in [3.63, 3.8) is 0 Å². The number of aliphatic hydroxyl groups is 1. The second-order valence-corrected chi connectivity index (χ2v) is 10.0. The number of nitrogens with one attached hydrogen (secondary N) is 3. The number of aliphatic carboxylic acids is 1. The number of alkyl halides is 1. The Bertz CT molecular complexity index is 1250. The number of hydrogen-bond donors (Lipinski definition) is 6. The zero-order valence-corrected chi connectivity index (χ0v) is 21.7. The third-order valence-electron chi connectivity index (χ3n) is 5.82. The van der Waals surface area contributed by atoms with Crippen LogP contribution in [0.25, 0.3) is 0 Å². The number of phenols is 1. The summed E-state index contributed by atoms with van der Waals surface area (Å²) >= 11 is 6.18. The lowest BCUT2D eigenvalue weighted by Crippen LogP contribution is -2.40. The Balaban J connectivity index is 1.67. The second-order valence-electron chi connectivity index (χ2n) is 9.61. The Kier molecular flexibility index (Phi) is 9.29. The van der Waals surface area contributed by atoms with Gasteiger partial charge in [0.15, 0.2) is 11.7 Å². The monoisotopic (exact) mass is 548 g/mol. The van der Waals surface area contributed by atoms with E-state index in [4.69, 9.17) is 11.6 Å². The normalized spacial score (nSPS) is 16.1. The zero-order valence-electron chi connectivity index (χ0n) is 20.9. The highest BCUT2D eigenvalue weighted by Crippen LogP contribution is 2.31. The average Bonchev–Trinajstić information content (AvgIpc) is 2.82. The molecule has 38 heavy (non-hydrogen) atoms. The van der Waals surface area contributed by atoms with Gasteiger partial charge in [0.2, 0.25) is 0 Å². The van der Waals surface area contributed by atoms with E-state index in [1.54, 1.807) is 32.0 Å². The molecule has 0 fully saturated rings. The van der Waals surface area contributed by atoms with E-state index in [-0.39, 0.29) is 43.8 Å². The highest BCUT2D eigenvalue weighted by Gasteiger charge is 2.24. The molecule has 3 rings (SSSR count). The second kappa shape index (κ2) is 12.2. The number of aliphatic imine (C=N–C) groups is 1. The molecule has 1 amide bonds. The number of carboxylic acid groups (broad SMARTS) is 1. The predicted molar refractivity (Wildman–Crippen MR) is 141 cm³/mol. The van der Waals surface area contributed by atoms with Gasteiger partial charge in [-0.3, -0.25) is 14.4 Å². The van der Waals surface area contributed by atoms with Gasteiger partial charge in [-0.25, -0.2) is 9.38 Å². The molecule has 1 aliphatic heterocycles. The Morgan fingerprint density at radius 2 is 1.92 bits per heavy atom. The van der Waals surface area contributed by atoms with E-state index in [1.165, 1.54) is 18.2 Å². The average molecular weight is 549 g/mol. The van der Waals surface area contributed by atoms with Gasteiger partial charge in [-0.05, 0) is 49.2 Å². The SMILES string of the molecule is CC(C)(O)c1cc(Cl)cc([C@H](CC(=O)O)CC(=O)CNC(=O)c2cc(O)cc(NC3=NCC(F)CN3)c2)c1. The van der Waals surface area contributed by atoms with Crippen LogP contribution in [0.4, 0.5) is 10.1 Å². The number of carbonyl (C=O) groups excluding carboxylic acids is 2. The number of Topliss-reactive ketones (excluding diaryl/α,β-unsaturated/α-hetero) is 1. The highest BCUT2D eigenvalue weighted by molar-refractivity contribution is 6.30. The molecule has 2 aromatic carbocycles. The number of rotatable bonds is 10. The van der Waals surface area contributed by atoms with Crippen LogP contribution in [0, 0.1) is 0 Å². The van der Waals surface area contributed by atoms with Gasteiger partial charge < -0.3 is 31.3 Å². The number of phenolic OH excluding ortho intramolecular Hbond substituents is 1. The van der Waals surface area contributed by atoms with E-state index in [2.05, 4.69) is 20.9 Å². The van der Waals surface area contributed by atoms with Crippen molar-refractivity contribution in [3.05, 3.63) is 58.1 Å². The number of aromatic hydroxyl groups is 1. The molecular weight excluding hydrogens is 519 g/mol. The van der Waals surface area contributed by atoms with Crippen LogP contribution in [0.3, 0.4) is 0 Å². The number of ketones is 1. The standard InChI is InChI=1S/C26H30ClFN4O6/c1-26(2,38)17-3-14(4-18(27)9-17)15(8-23(35)36)6-22(34)13-29-24(37)16-5-20(10-21(33)7-16)32-25-30-11-19(28)12-31-25/h3-5,7,9-10,15,19,33,38H,6,8,11-13H2,1-2H3,(H,29,37)(H,35,36)(H2,30,31,32)/t15-/m0/s1. The van der Waals surface area contributed by atoms with Crippen LogP contribution < -0.4 is 16.0 Å². The first-order valence-corrected chi connectivity index (χ1v) is 12.3. The Morgan fingerprint density at radius 1 is 1.18 bits per heavy atom. The Labute approximate surface area is 223 Å². The van der Waals surface area contributed by atoms with Gasteiger partial charge in [0.05, 0.1) is 31.7 Å². The van der Waals surface area contributed by atoms with Crippen molar-refractivity contribution in [1.29, 1.82) is 0 Å². The van der Waals surface area contributed by atoms with Crippen molar-refractivity contribution in [3.8, 4) is 5.75 Å². The van der Waals surface area contributed by atoms with Crippen LogP contribution >= 0.6 is 11.6 Å². The molecule has 0 spiro atoms. The lowest BCUT2D eigenvalue weighted by molar-refractivity contribution is -0.137. The first-order valence-electron chi connectivity index (χ1n) is 11.9. The van der Waals surface area contributed by atoms with Crippen LogP contribution in [0.5, 0.6) is 5.75 Å². The minimum absolute atomic E-state index is 0.0132. The largest absolute Gasteiger partial charge is 0.508 e. The first-order chi connectivity index (χ1) is 17.8. The van der Waals surface area contributed by atoms with Crippen LogP contribution in [0.1, 0.15) is 54.1 Å². The summed E-state index contributed by atoms with van der Waals surface area (Å²) in [6.07, 6.45) is -1.64. The third kappa shape index (κ3) is 8.42. The third-order valence-corrected chi connectivity index (χ3v) is 6.04. The van der Waals surface area contributed by atoms with Gasteiger partial charge in [-0.1, -0.05) is 17.7 Å². The molecule has 2 aromatic rings. The predicted octanol–water partition coefficient (Wildman–Crippen LogP) is 2.93. The highest BCUT2D eigenvalue weighted by atomic mass is 35.5. The summed E-state index contributed by atoms with van der Waals surface area (Å²) in [5.41, 5.74) is 0.124. The van der Waals surface area contributed by atoms with E-state index in [0.717, 1.165) is 0 Å². The number of guanidine groups is 1. The van der Waals surface area contributed by atoms with Crippen LogP contribution in [-0.2, 0) is 15.2 Å². The molecule has 1 aliphatic rings. The maximum absolute atomic E-state index is 13.2. The minimum Gasteiger partial charge on any atom is -0.508 e. The van der Waals surface area contributed by atoms with Crippen LogP contribution in [0.2, 0.25) is 5.02 Å². The molecule has 204 valence electrons. The molecule has 6 N–H and O–H groups in total. The van der Waals surface area contributed by atoms with Crippen LogP contribution in [0.15, 0.2) is 41.4 Å². The number of hydrogen-bond acceptors (Lipinski definition) is 8. The van der Waals surface area contributed by atoms with Crippen molar-refractivity contribution in [1.82, 2.24) is 10.6 Å². The van der Waals surface area contributed by atoms with E-state index >= 15 is 0 Å². The molecule has 2 atom stereocenters. The van der Waals surface area contributed by atoms with Crippen molar-refractivity contribution in [2.45, 2.75) is 44.4 Å². The molecule has 0 saturated heterocycles. The maximum Gasteiger partial charge on any atom is 0.303 e. The van der Waals surface area contributed by atoms with Crippen molar-refractivity contribution >= 4 is 40.9 Å². The van der Waals surface area contributed by atoms with E-state index in [1.807, 2.05) is 0 Å². The Morgan fingerprint density at radius 3 is 2.55 bits per heavy atom. The van der Waals surface area contributed by atoms with E-state index in [0.29, 0.717) is 27.8 Å². The van der Waals surface area contributed by atoms with Gasteiger partial charge in [-0.15, -0.1) is 0 Å². The number of benzene rings is 2. The van der Waals surface area contributed by atoms with E-state index < -0.39 is 35.4 Å². The summed E-state index contributed by atoms with van der Waals surface area (Å²) in [5.74, 6) is -2.83. The molecule has 1 unspecified atom stereocenters. The fraction of sp³-hybridized carbons (Fsp3) is 0.385. The molecule has 12 heteroatoms. The van der Waals surface area contributed by atoms with Crippen molar-refractivity contribution < 1.29 is 34.1 Å². The zero-order chi connectivity index (χ0) is 28.0. The lowest BCUT2D eigenvalue weighted by Gasteiger charge is -2.22. The molecule has 1 heterocycles. The summed E-state index contributed by atoms with van der Waals surface area (Å²) in [7, 11) is 0. The molecule has 0 aromatic heterocycles. The Hall–Kier alpha value is -3.70. The molecular formula is C26H30ClFN4O6. The van der Waals surface area contributed by atoms with Gasteiger partial charge in [0, 0.05) is 34.7 Å². The number of anilines is 1. The molecule has 0 radical (unpaired) electrons. The van der Waals surface area contributed by atoms with Crippen LogP contribution in [-0.4, -0.2) is 64.7 Å². The molecule has 0 aliphatic carbocycles. The topological polar surface area (TPSA) is 160 Å². The maximum atomic E-state index is 13.2. The first kappa shape index (κ1) is 28.9. The number of carbonyl (C=O) groups is 3. The number of amides is 1. The fourth-order valence-corrected chi connectivity index (χ4v) is 4.14. The quantitative estimate of drug-likeness (QED) is 0.264. The lowest BCUT2D eigenvalue weighted by atomic mass is 9.87. The summed E-state index contributed by atoms with van der Waals surface area (Å²) in [4.78, 5) is 40.9. The minimum atomic E-state index is -1.23. The smallest absolute Gasteiger partial charge is 0.303 e. The fourth-order valence-electron chi connectivity index (χ4n) is 3.90. The molecule has 0 bridgehead atoms. The molecule has 0 saturated carbocycles. The van der Waals surface area contributed by atoms with Crippen molar-refractivity contribution in [2.75, 3.05) is 25.0 Å². The van der Waals surface area contributed by atoms with E-state index in [9.17, 15) is 34.1 Å². The number of nitrogens with zero attached hydrogens (tertiary/aromatic N) is 1. The summed E-state index contributed by atoms with van der Waals surface area (Å²) in [6.45, 7) is 2.82. The molecule has 10 nitrogen and oxygen atoms in total. The summed E-state index contributed by atoms with van der Waals surface area (Å²) in [5, 5.41) is 38.2. The van der Waals surface area contributed by atoms with Gasteiger partial charge in [-0.2, -0.15) is 0 Å². The van der Waals surface area contributed by atoms with Gasteiger partial charge in [0.1, 0.15) is 11.9 Å². The van der Waals surface area contributed by atoms with Crippen molar-refractivity contribution in [2.24, 2.45) is 4.99 Å². The number of carboxylic acids is 1. The number of halogens is 2. The van der Waals surface area contributed by atoms with Gasteiger partial charge >= 0.3 is 5.97 Å². The van der Waals surface area contributed by atoms with Gasteiger partial charge in [0.25, 0.3) is 5.91 Å². The summed E-state index contributed by atoms with van der Waals surface area (Å²) < 4.78 is 13.2. The summed E-state index contributed by atoms with van der Waals surface area (Å²) in [6, 6.07) is 8.75.